The van der Waals surface area contributed by atoms with Gasteiger partial charge in [0.15, 0.2) is 0 Å². The molecule has 1 aromatic heterocycles. The Balaban J connectivity index is 2.61. The SMILES string of the molecule is CCN(CC)CCSc1nc(C(=O)O)ccc1N. The number of hydrogen-bond donors (Lipinski definition) is 2. The van der Waals surface area contributed by atoms with Crippen LogP contribution in [-0.2, 0) is 0 Å². The topological polar surface area (TPSA) is 79.5 Å². The van der Waals surface area contributed by atoms with E-state index in [2.05, 4.69) is 23.7 Å². The molecule has 0 aliphatic rings. The number of anilines is 1. The number of nitrogen functional groups attached to an aromatic ring is 1. The zero-order valence-electron chi connectivity index (χ0n) is 10.7. The smallest absolute Gasteiger partial charge is 0.354 e. The van der Waals surface area contributed by atoms with Crippen LogP contribution >= 0.6 is 11.8 Å². The summed E-state index contributed by atoms with van der Waals surface area (Å²) >= 11 is 1.50. The number of nitrogens with two attached hydrogens (primary N) is 1. The Labute approximate surface area is 111 Å². The molecule has 0 aliphatic carbocycles. The quantitative estimate of drug-likeness (QED) is 0.735. The van der Waals surface area contributed by atoms with Crippen molar-refractivity contribution >= 4 is 23.4 Å². The van der Waals surface area contributed by atoms with Crippen LogP contribution in [0.4, 0.5) is 5.69 Å². The Morgan fingerprint density at radius 2 is 2.11 bits per heavy atom. The first-order chi connectivity index (χ1) is 8.58. The van der Waals surface area contributed by atoms with Crippen molar-refractivity contribution in [3.05, 3.63) is 17.8 Å². The fourth-order valence-corrected chi connectivity index (χ4v) is 2.44. The van der Waals surface area contributed by atoms with Gasteiger partial charge in [-0.1, -0.05) is 13.8 Å². The summed E-state index contributed by atoms with van der Waals surface area (Å²) in [5.41, 5.74) is 6.35. The van der Waals surface area contributed by atoms with Gasteiger partial charge in [0, 0.05) is 12.3 Å². The number of carboxylic acids is 1. The summed E-state index contributed by atoms with van der Waals surface area (Å²) in [6.45, 7) is 7.19. The fourth-order valence-electron chi connectivity index (χ4n) is 1.50. The largest absolute Gasteiger partial charge is 0.477 e. The molecule has 0 saturated carbocycles. The molecule has 1 heterocycles. The number of nitrogens with zero attached hydrogens (tertiary/aromatic N) is 2. The summed E-state index contributed by atoms with van der Waals surface area (Å²) in [5, 5.41) is 9.47. The minimum atomic E-state index is -1.03. The van der Waals surface area contributed by atoms with E-state index in [1.165, 1.54) is 17.8 Å². The summed E-state index contributed by atoms with van der Waals surface area (Å²) in [6, 6.07) is 3.02. The lowest BCUT2D eigenvalue weighted by molar-refractivity contribution is 0.0690. The number of aromatic carboxylic acids is 1. The Morgan fingerprint density at radius 3 is 2.67 bits per heavy atom. The van der Waals surface area contributed by atoms with Crippen LogP contribution in [0.2, 0.25) is 0 Å². The van der Waals surface area contributed by atoms with E-state index in [9.17, 15) is 4.79 Å². The summed E-state index contributed by atoms with van der Waals surface area (Å²) in [6.07, 6.45) is 0. The van der Waals surface area contributed by atoms with Crippen molar-refractivity contribution in [3.8, 4) is 0 Å². The van der Waals surface area contributed by atoms with Crippen LogP contribution in [-0.4, -0.2) is 46.3 Å². The molecule has 6 heteroatoms. The van der Waals surface area contributed by atoms with Gasteiger partial charge in [0.2, 0.25) is 0 Å². The first kappa shape index (κ1) is 14.8. The number of hydrogen-bond acceptors (Lipinski definition) is 5. The molecule has 0 spiro atoms. The van der Waals surface area contributed by atoms with Crippen LogP contribution in [0.15, 0.2) is 17.2 Å². The standard InChI is InChI=1S/C12H19N3O2S/c1-3-15(4-2)7-8-18-11-9(13)5-6-10(14-11)12(16)17/h5-6H,3-4,7-8,13H2,1-2H3,(H,16,17). The van der Waals surface area contributed by atoms with Crippen LogP contribution in [0.5, 0.6) is 0 Å². The zero-order valence-corrected chi connectivity index (χ0v) is 11.5. The van der Waals surface area contributed by atoms with Crippen LogP contribution in [0, 0.1) is 0 Å². The molecule has 100 valence electrons. The van der Waals surface area contributed by atoms with Gasteiger partial charge in [-0.2, -0.15) is 0 Å². The van der Waals surface area contributed by atoms with Gasteiger partial charge in [0.1, 0.15) is 10.7 Å². The molecule has 5 nitrogen and oxygen atoms in total. The maximum absolute atomic E-state index is 10.8. The number of carboxylic acid groups (broad SMARTS) is 1. The highest BCUT2D eigenvalue weighted by atomic mass is 32.2. The van der Waals surface area contributed by atoms with Gasteiger partial charge in [0.05, 0.1) is 5.69 Å². The predicted molar refractivity (Wildman–Crippen MR) is 74.1 cm³/mol. The van der Waals surface area contributed by atoms with Gasteiger partial charge in [-0.25, -0.2) is 9.78 Å². The second-order valence-corrected chi connectivity index (χ2v) is 4.85. The van der Waals surface area contributed by atoms with Crippen LogP contribution < -0.4 is 5.73 Å². The van der Waals surface area contributed by atoms with E-state index < -0.39 is 5.97 Å². The van der Waals surface area contributed by atoms with Crippen molar-refractivity contribution in [2.75, 3.05) is 31.1 Å². The van der Waals surface area contributed by atoms with Crippen molar-refractivity contribution in [1.82, 2.24) is 9.88 Å². The molecule has 0 radical (unpaired) electrons. The van der Waals surface area contributed by atoms with Gasteiger partial charge < -0.3 is 15.7 Å². The third-order valence-electron chi connectivity index (χ3n) is 2.65. The molecule has 1 rings (SSSR count). The summed E-state index contributed by atoms with van der Waals surface area (Å²) < 4.78 is 0. The van der Waals surface area contributed by atoms with E-state index in [0.29, 0.717) is 10.7 Å². The van der Waals surface area contributed by atoms with E-state index in [1.807, 2.05) is 0 Å². The van der Waals surface area contributed by atoms with Gasteiger partial charge in [-0.3, -0.25) is 0 Å². The maximum atomic E-state index is 10.8. The fraction of sp³-hybridized carbons (Fsp3) is 0.500. The summed E-state index contributed by atoms with van der Waals surface area (Å²) in [4.78, 5) is 17.2. The average molecular weight is 269 g/mol. The second-order valence-electron chi connectivity index (χ2n) is 3.77. The lowest BCUT2D eigenvalue weighted by atomic mass is 10.3. The highest BCUT2D eigenvalue weighted by Gasteiger charge is 2.09. The Bertz CT molecular complexity index is 408. The monoisotopic (exact) mass is 269 g/mol. The lowest BCUT2D eigenvalue weighted by Gasteiger charge is -2.17. The number of carbonyl (C=O) groups is 1. The normalized spacial score (nSPS) is 10.8. The Kier molecular flexibility index (Phi) is 5.94. The second kappa shape index (κ2) is 7.23. The van der Waals surface area contributed by atoms with E-state index >= 15 is 0 Å². The molecular weight excluding hydrogens is 250 g/mol. The van der Waals surface area contributed by atoms with Crippen molar-refractivity contribution in [1.29, 1.82) is 0 Å². The number of aromatic nitrogens is 1. The van der Waals surface area contributed by atoms with Crippen molar-refractivity contribution in [3.63, 3.8) is 0 Å². The van der Waals surface area contributed by atoms with E-state index in [0.717, 1.165) is 25.4 Å². The van der Waals surface area contributed by atoms with Crippen LogP contribution in [0.3, 0.4) is 0 Å². The van der Waals surface area contributed by atoms with E-state index in [4.69, 9.17) is 10.8 Å². The molecule has 0 amide bonds. The molecule has 18 heavy (non-hydrogen) atoms. The first-order valence-electron chi connectivity index (χ1n) is 5.93. The van der Waals surface area contributed by atoms with Crippen LogP contribution in [0.25, 0.3) is 0 Å². The number of pyridine rings is 1. The van der Waals surface area contributed by atoms with Gasteiger partial charge >= 0.3 is 5.97 Å². The summed E-state index contributed by atoms with van der Waals surface area (Å²) in [7, 11) is 0. The molecule has 0 atom stereocenters. The van der Waals surface area contributed by atoms with Crippen molar-refractivity contribution in [2.24, 2.45) is 0 Å². The Morgan fingerprint density at radius 1 is 1.44 bits per heavy atom. The zero-order chi connectivity index (χ0) is 13.5. The Hall–Kier alpha value is -1.27. The average Bonchev–Trinajstić information content (AvgIpc) is 2.36. The lowest BCUT2D eigenvalue weighted by Crippen LogP contribution is -2.25. The maximum Gasteiger partial charge on any atom is 0.354 e. The molecule has 0 aliphatic heterocycles. The third-order valence-corrected chi connectivity index (χ3v) is 3.64. The van der Waals surface area contributed by atoms with Crippen molar-refractivity contribution < 1.29 is 9.90 Å². The molecule has 0 unspecified atom stereocenters. The predicted octanol–water partition coefficient (Wildman–Crippen LogP) is 1.80. The van der Waals surface area contributed by atoms with Gasteiger partial charge in [0.25, 0.3) is 0 Å². The molecule has 0 bridgehead atoms. The third kappa shape index (κ3) is 4.19. The van der Waals surface area contributed by atoms with Crippen LogP contribution in [0.1, 0.15) is 24.3 Å². The highest BCUT2D eigenvalue weighted by molar-refractivity contribution is 7.99. The number of thioether (sulfide) groups is 1. The minimum Gasteiger partial charge on any atom is -0.477 e. The first-order valence-corrected chi connectivity index (χ1v) is 6.92. The van der Waals surface area contributed by atoms with E-state index in [-0.39, 0.29) is 5.69 Å². The molecule has 3 N–H and O–H groups in total. The van der Waals surface area contributed by atoms with Crippen molar-refractivity contribution in [2.45, 2.75) is 18.9 Å². The minimum absolute atomic E-state index is 0.0366. The molecule has 1 aromatic rings. The highest BCUT2D eigenvalue weighted by Crippen LogP contribution is 2.22. The van der Waals surface area contributed by atoms with Gasteiger partial charge in [-0.05, 0) is 25.2 Å². The number of rotatable bonds is 7. The van der Waals surface area contributed by atoms with Gasteiger partial charge in [-0.15, -0.1) is 11.8 Å². The summed E-state index contributed by atoms with van der Waals surface area (Å²) in [5.74, 6) is -0.178. The molecule has 0 saturated heterocycles. The van der Waals surface area contributed by atoms with E-state index in [1.54, 1.807) is 6.07 Å². The molecule has 0 aromatic carbocycles. The molecular formula is C12H19N3O2S. The molecule has 0 fully saturated rings.